The number of carboxylic acids is 2. The molecule has 2 atom stereocenters. The average molecular weight is 808 g/mol. The minimum atomic E-state index is -1.03. The zero-order chi connectivity index (χ0) is 43.2. The first-order valence-electron chi connectivity index (χ1n) is 18.8. The molecule has 0 aliphatic heterocycles. The molecule has 0 saturated heterocycles. The van der Waals surface area contributed by atoms with Crippen LogP contribution >= 0.6 is 23.2 Å². The Balaban J connectivity index is 0.000000826. The van der Waals surface area contributed by atoms with Gasteiger partial charge in [-0.15, -0.1) is 6.58 Å². The number of rotatable bonds is 16. The number of carbonyl (C=O) groups is 4. The fraction of sp³-hybridized carbons (Fsp3) is 0.591. The first kappa shape index (κ1) is 51.4. The highest BCUT2D eigenvalue weighted by Gasteiger charge is 2.49. The van der Waals surface area contributed by atoms with E-state index in [-0.39, 0.29) is 34.7 Å². The van der Waals surface area contributed by atoms with Crippen molar-refractivity contribution < 1.29 is 34.1 Å². The largest absolute Gasteiger partial charge is 0.481 e. The third-order valence-electron chi connectivity index (χ3n) is 11.3. The maximum absolute atomic E-state index is 12.2. The van der Waals surface area contributed by atoms with E-state index in [1.54, 1.807) is 45.9 Å². The second-order valence-electron chi connectivity index (χ2n) is 17.7. The van der Waals surface area contributed by atoms with E-state index >= 15 is 0 Å². The van der Waals surface area contributed by atoms with Gasteiger partial charge in [-0.1, -0.05) is 109 Å². The Bertz CT molecular complexity index is 1600. The molecule has 2 aromatic carbocycles. The smallest absolute Gasteiger partial charge is 0.323 e. The van der Waals surface area contributed by atoms with E-state index in [0.29, 0.717) is 34.3 Å². The van der Waals surface area contributed by atoms with E-state index in [0.717, 1.165) is 24.8 Å². The van der Waals surface area contributed by atoms with Crippen LogP contribution in [0.3, 0.4) is 0 Å². The lowest BCUT2D eigenvalue weighted by Gasteiger charge is -2.46. The predicted octanol–water partition coefficient (Wildman–Crippen LogP) is 12.9. The van der Waals surface area contributed by atoms with Crippen molar-refractivity contribution in [2.75, 3.05) is 17.7 Å². The van der Waals surface area contributed by atoms with Crippen molar-refractivity contribution in [2.24, 2.45) is 32.5 Å². The van der Waals surface area contributed by atoms with Crippen LogP contribution in [0.1, 0.15) is 127 Å². The lowest BCUT2D eigenvalue weighted by atomic mass is 9.58. The van der Waals surface area contributed by atoms with Gasteiger partial charge in [-0.3, -0.25) is 14.4 Å². The van der Waals surface area contributed by atoms with Crippen LogP contribution in [-0.2, 0) is 19.1 Å². The molecule has 0 fully saturated rings. The van der Waals surface area contributed by atoms with Crippen LogP contribution in [0.25, 0.3) is 0 Å². The van der Waals surface area contributed by atoms with Gasteiger partial charge in [0.05, 0.1) is 34.1 Å². The molecule has 2 amide bonds. The van der Waals surface area contributed by atoms with Gasteiger partial charge < -0.3 is 25.6 Å². The Labute approximate surface area is 341 Å². The van der Waals surface area contributed by atoms with E-state index in [1.165, 1.54) is 7.11 Å². The van der Waals surface area contributed by atoms with Gasteiger partial charge >= 0.3 is 23.9 Å². The third kappa shape index (κ3) is 16.6. The van der Waals surface area contributed by atoms with Crippen molar-refractivity contribution in [1.82, 2.24) is 0 Å². The fourth-order valence-electron chi connectivity index (χ4n) is 5.59. The Morgan fingerprint density at radius 2 is 1.31 bits per heavy atom. The molecule has 0 saturated carbocycles. The number of benzene rings is 2. The molecule has 9 nitrogen and oxygen atoms in total. The number of hydrogen-bond acceptors (Lipinski definition) is 5. The number of methoxy groups -OCH3 is 1. The summed E-state index contributed by atoms with van der Waals surface area (Å²) in [6.45, 7) is 29.6. The number of nitrogens with one attached hydrogen (secondary N) is 2. The lowest BCUT2D eigenvalue weighted by Crippen LogP contribution is -2.44. The van der Waals surface area contributed by atoms with Gasteiger partial charge in [0.15, 0.2) is 0 Å². The molecule has 2 rings (SSSR count). The standard InChI is InChI=1S/C19H34O4.C14H12Cl2N2O.C11H22O2/c1-10-16(3,4)17(5,6)12-19(8,14(20)21)13-18(7,11-2)15(22)23-9;1-9-2-5-11(6-3-9)17-14(19)18-13-7-4-10(15)8-12(13)16;1-6-10(2,3)7-8-11(4,5)9(12)13/h10H,1,11-13H2,2-9H3,(H,20,21);2-8H,1H3,(H2,17,18,19);6-8H2,1-5H3,(H,12,13). The number of aliphatic carboxylic acids is 2. The van der Waals surface area contributed by atoms with Crippen LogP contribution in [-0.4, -0.2) is 41.3 Å². The predicted molar refractivity (Wildman–Crippen MR) is 228 cm³/mol. The molecular formula is C44H68Cl2N2O7. The van der Waals surface area contributed by atoms with Crippen molar-refractivity contribution in [2.45, 2.75) is 129 Å². The zero-order valence-electron chi connectivity index (χ0n) is 35.8. The van der Waals surface area contributed by atoms with E-state index in [2.05, 4.69) is 65.7 Å². The Morgan fingerprint density at radius 3 is 1.73 bits per heavy atom. The summed E-state index contributed by atoms with van der Waals surface area (Å²) in [7, 11) is 1.35. The first-order chi connectivity index (χ1) is 25.0. The summed E-state index contributed by atoms with van der Waals surface area (Å²) in [4.78, 5) is 46.8. The number of esters is 1. The van der Waals surface area contributed by atoms with Gasteiger partial charge in [-0.2, -0.15) is 0 Å². The highest BCUT2D eigenvalue weighted by molar-refractivity contribution is 6.36. The number of hydrogen-bond donors (Lipinski definition) is 4. The summed E-state index contributed by atoms with van der Waals surface area (Å²) < 4.78 is 4.90. The third-order valence-corrected chi connectivity index (χ3v) is 11.8. The molecule has 0 aliphatic rings. The molecule has 11 heteroatoms. The molecule has 310 valence electrons. The number of anilines is 2. The molecular weight excluding hydrogens is 739 g/mol. The Kier molecular flexibility index (Phi) is 19.7. The number of carbonyl (C=O) groups excluding carboxylic acids is 2. The van der Waals surface area contributed by atoms with Gasteiger partial charge in [-0.05, 0) is 113 Å². The summed E-state index contributed by atoms with van der Waals surface area (Å²) in [5, 5.41) is 25.1. The van der Waals surface area contributed by atoms with Gasteiger partial charge in [0.1, 0.15) is 0 Å². The van der Waals surface area contributed by atoms with Crippen molar-refractivity contribution in [3.05, 3.63) is 70.7 Å². The summed E-state index contributed by atoms with van der Waals surface area (Å²) >= 11 is 11.8. The maximum Gasteiger partial charge on any atom is 0.323 e. The molecule has 2 unspecified atom stereocenters. The molecule has 0 aromatic heterocycles. The Morgan fingerprint density at radius 1 is 0.764 bits per heavy atom. The maximum atomic E-state index is 12.2. The van der Waals surface area contributed by atoms with Crippen molar-refractivity contribution in [1.29, 1.82) is 0 Å². The molecule has 0 radical (unpaired) electrons. The van der Waals surface area contributed by atoms with Gasteiger partial charge in [0.2, 0.25) is 0 Å². The number of carboxylic acid groups (broad SMARTS) is 2. The summed E-state index contributed by atoms with van der Waals surface area (Å²) in [6.07, 6.45) is 5.92. The van der Waals surface area contributed by atoms with Gasteiger partial charge in [0, 0.05) is 10.7 Å². The van der Waals surface area contributed by atoms with E-state index in [4.69, 9.17) is 33.0 Å². The quantitative estimate of drug-likeness (QED) is 0.0977. The van der Waals surface area contributed by atoms with Crippen LogP contribution in [0.4, 0.5) is 16.2 Å². The topological polar surface area (TPSA) is 142 Å². The number of allylic oxidation sites excluding steroid dienone is 1. The fourth-order valence-corrected chi connectivity index (χ4v) is 6.05. The van der Waals surface area contributed by atoms with E-state index in [9.17, 15) is 24.3 Å². The van der Waals surface area contributed by atoms with Gasteiger partial charge in [-0.25, -0.2) is 4.79 Å². The van der Waals surface area contributed by atoms with E-state index < -0.39 is 28.2 Å². The number of amides is 2. The second kappa shape index (κ2) is 21.1. The zero-order valence-corrected chi connectivity index (χ0v) is 37.3. The SMILES string of the molecule is C=CC(C)(C)C(C)(C)CC(C)(CC(C)(CC)C(=O)OC)C(=O)O.CCC(C)(C)CCC(C)(C)C(=O)O.Cc1ccc(NC(=O)Nc2ccc(Cl)cc2Cl)cc1. The van der Waals surface area contributed by atoms with Crippen LogP contribution in [0.2, 0.25) is 10.0 Å². The van der Waals surface area contributed by atoms with Crippen LogP contribution in [0.5, 0.6) is 0 Å². The number of aryl methyl sites for hydroxylation is 1. The van der Waals surface area contributed by atoms with Crippen LogP contribution in [0.15, 0.2) is 55.1 Å². The highest BCUT2D eigenvalue weighted by atomic mass is 35.5. The summed E-state index contributed by atoms with van der Waals surface area (Å²) in [5.41, 5.74) is -0.293. The molecule has 2 aromatic rings. The minimum Gasteiger partial charge on any atom is -0.481 e. The summed E-state index contributed by atoms with van der Waals surface area (Å²) in [5.74, 6) is -1.93. The van der Waals surface area contributed by atoms with Crippen molar-refractivity contribution in [3.63, 3.8) is 0 Å². The number of urea groups is 1. The average Bonchev–Trinajstić information content (AvgIpc) is 3.09. The van der Waals surface area contributed by atoms with Crippen LogP contribution in [0, 0.1) is 39.4 Å². The molecule has 0 aliphatic carbocycles. The van der Waals surface area contributed by atoms with Crippen molar-refractivity contribution in [3.8, 4) is 0 Å². The normalized spacial score (nSPS) is 14.0. The lowest BCUT2D eigenvalue weighted by molar-refractivity contribution is -0.161. The van der Waals surface area contributed by atoms with Crippen molar-refractivity contribution >= 4 is 58.5 Å². The molecule has 4 N–H and O–H groups in total. The molecule has 55 heavy (non-hydrogen) atoms. The molecule has 0 spiro atoms. The molecule has 0 bridgehead atoms. The van der Waals surface area contributed by atoms with Gasteiger partial charge in [0.25, 0.3) is 0 Å². The van der Waals surface area contributed by atoms with Crippen LogP contribution < -0.4 is 10.6 Å². The first-order valence-corrected chi connectivity index (χ1v) is 19.5. The second-order valence-corrected chi connectivity index (χ2v) is 18.6. The number of ether oxygens (including phenoxy) is 1. The Hall–Kier alpha value is -3.56. The summed E-state index contributed by atoms with van der Waals surface area (Å²) in [6, 6.07) is 12.0. The number of halogens is 2. The van der Waals surface area contributed by atoms with E-state index in [1.807, 2.05) is 44.2 Å². The minimum absolute atomic E-state index is 0.225. The monoisotopic (exact) mass is 806 g/mol. The molecule has 0 heterocycles. The highest BCUT2D eigenvalue weighted by Crippen LogP contribution is 2.51.